The molecule has 216 valence electrons. The summed E-state index contributed by atoms with van der Waals surface area (Å²) in [4.78, 5) is 27.4. The number of carboxylic acids is 1. The van der Waals surface area contributed by atoms with Crippen molar-refractivity contribution in [3.63, 3.8) is 0 Å². The van der Waals surface area contributed by atoms with Crippen molar-refractivity contribution in [1.82, 2.24) is 9.80 Å². The maximum Gasteiger partial charge on any atom is 0.490 e. The fourth-order valence-electron chi connectivity index (χ4n) is 4.49. The number of fused-ring (bicyclic) bond motifs is 1. The summed E-state index contributed by atoms with van der Waals surface area (Å²) in [6, 6.07) is 25.7. The lowest BCUT2D eigenvalue weighted by Gasteiger charge is -2.22. The Labute approximate surface area is 239 Å². The fraction of sp³-hybridized carbons (Fsp3) is 0.267. The molecule has 11 heteroatoms. The van der Waals surface area contributed by atoms with Gasteiger partial charge in [0.05, 0.1) is 4.88 Å². The summed E-state index contributed by atoms with van der Waals surface area (Å²) in [5, 5.41) is 20.8. The average Bonchev–Trinajstić information content (AvgIpc) is 3.26. The Morgan fingerprint density at radius 3 is 2.10 bits per heavy atom. The van der Waals surface area contributed by atoms with Crippen LogP contribution < -0.4 is 5.32 Å². The monoisotopic (exact) mass is 585 g/mol. The number of benzene rings is 3. The first-order valence-corrected chi connectivity index (χ1v) is 13.8. The largest absolute Gasteiger partial charge is 0.508 e. The Balaban J connectivity index is 0.000000493. The van der Waals surface area contributed by atoms with Crippen LogP contribution in [0.1, 0.15) is 27.2 Å². The van der Waals surface area contributed by atoms with Crippen LogP contribution in [0.5, 0.6) is 5.75 Å². The van der Waals surface area contributed by atoms with Gasteiger partial charge in [-0.15, -0.1) is 11.3 Å². The van der Waals surface area contributed by atoms with Crippen molar-refractivity contribution in [1.29, 1.82) is 0 Å². The second-order valence-corrected chi connectivity index (χ2v) is 10.8. The lowest BCUT2D eigenvalue weighted by molar-refractivity contribution is -0.192. The van der Waals surface area contributed by atoms with Crippen molar-refractivity contribution in [2.45, 2.75) is 25.7 Å². The number of phenols is 1. The number of anilines is 1. The summed E-state index contributed by atoms with van der Waals surface area (Å²) >= 11 is 1.52. The third kappa shape index (κ3) is 9.04. The molecule has 3 aromatic carbocycles. The van der Waals surface area contributed by atoms with Crippen LogP contribution in [-0.2, 0) is 17.9 Å². The van der Waals surface area contributed by atoms with E-state index in [1.807, 2.05) is 54.6 Å². The summed E-state index contributed by atoms with van der Waals surface area (Å²) in [5.41, 5.74) is 3.28. The predicted molar refractivity (Wildman–Crippen MR) is 153 cm³/mol. The summed E-state index contributed by atoms with van der Waals surface area (Å²) in [6.45, 7) is 5.94. The van der Waals surface area contributed by atoms with Crippen LogP contribution in [0, 0.1) is 0 Å². The number of carbonyl (C=O) groups excluding carboxylic acids is 1. The summed E-state index contributed by atoms with van der Waals surface area (Å²) in [5.74, 6) is -2.50. The molecular weight excluding hydrogens is 555 g/mol. The summed E-state index contributed by atoms with van der Waals surface area (Å²) in [6.07, 6.45) is -3.96. The molecule has 41 heavy (non-hydrogen) atoms. The van der Waals surface area contributed by atoms with Crippen molar-refractivity contribution in [3.8, 4) is 5.75 Å². The topological polar surface area (TPSA) is 93.1 Å². The van der Waals surface area contributed by atoms with Crippen LogP contribution in [0.25, 0.3) is 10.1 Å². The maximum absolute atomic E-state index is 12.8. The molecule has 1 saturated heterocycles. The van der Waals surface area contributed by atoms with Gasteiger partial charge in [0.2, 0.25) is 0 Å². The highest BCUT2D eigenvalue weighted by atomic mass is 32.1. The third-order valence-electron chi connectivity index (χ3n) is 6.51. The molecule has 7 nitrogen and oxygen atoms in total. The molecular formula is C30H30F3N3O4S. The van der Waals surface area contributed by atoms with Crippen LogP contribution in [0.4, 0.5) is 18.9 Å². The first-order valence-electron chi connectivity index (χ1n) is 13.0. The predicted octanol–water partition coefficient (Wildman–Crippen LogP) is 6.20. The van der Waals surface area contributed by atoms with E-state index in [0.717, 1.165) is 66.3 Å². The highest BCUT2D eigenvalue weighted by Crippen LogP contribution is 2.26. The zero-order valence-electron chi connectivity index (χ0n) is 22.1. The molecule has 1 amide bonds. The SMILES string of the molecule is O=C(Nc1cccc(CN2CCCN(Cc3ccc(O)cc3)CC2)c1)c1cc2ccccc2s1.O=C(O)C(F)(F)F. The molecule has 0 aliphatic carbocycles. The van der Waals surface area contributed by atoms with Gasteiger partial charge in [0.1, 0.15) is 5.75 Å². The summed E-state index contributed by atoms with van der Waals surface area (Å²) in [7, 11) is 0. The number of aliphatic carboxylic acids is 1. The number of nitrogens with zero attached hydrogens (tertiary/aromatic N) is 2. The van der Waals surface area contributed by atoms with E-state index in [2.05, 4.69) is 27.2 Å². The molecule has 0 spiro atoms. The molecule has 1 fully saturated rings. The van der Waals surface area contributed by atoms with Gasteiger partial charge in [-0.3, -0.25) is 14.6 Å². The molecule has 1 aliphatic heterocycles. The van der Waals surface area contributed by atoms with Crippen molar-refractivity contribution in [2.75, 3.05) is 31.5 Å². The Morgan fingerprint density at radius 1 is 0.829 bits per heavy atom. The second-order valence-electron chi connectivity index (χ2n) is 9.68. The van der Waals surface area contributed by atoms with Crippen LogP contribution in [0.3, 0.4) is 0 Å². The van der Waals surface area contributed by atoms with Gasteiger partial charge in [-0.2, -0.15) is 13.2 Å². The molecule has 1 aliphatic rings. The smallest absolute Gasteiger partial charge is 0.490 e. The number of rotatable bonds is 6. The van der Waals surface area contributed by atoms with E-state index in [1.165, 1.54) is 22.5 Å². The lowest BCUT2D eigenvalue weighted by Crippen LogP contribution is -2.30. The van der Waals surface area contributed by atoms with E-state index >= 15 is 0 Å². The Morgan fingerprint density at radius 2 is 1.46 bits per heavy atom. The Hall–Kier alpha value is -3.93. The lowest BCUT2D eigenvalue weighted by atomic mass is 10.1. The van der Waals surface area contributed by atoms with Crippen LogP contribution in [0.15, 0.2) is 78.9 Å². The molecule has 0 bridgehead atoms. The van der Waals surface area contributed by atoms with Gasteiger partial charge in [-0.1, -0.05) is 42.5 Å². The zero-order valence-corrected chi connectivity index (χ0v) is 22.9. The summed E-state index contributed by atoms with van der Waals surface area (Å²) < 4.78 is 32.9. The minimum absolute atomic E-state index is 0.0574. The molecule has 0 unspecified atom stereocenters. The van der Waals surface area contributed by atoms with Gasteiger partial charge in [-0.05, 0) is 72.4 Å². The van der Waals surface area contributed by atoms with Crippen molar-refractivity contribution in [3.05, 3.63) is 94.9 Å². The Bertz CT molecular complexity index is 1440. The van der Waals surface area contributed by atoms with Gasteiger partial charge in [-0.25, -0.2) is 4.79 Å². The number of phenolic OH excluding ortho intramolecular Hbond substituents is 1. The number of nitrogens with one attached hydrogen (secondary N) is 1. The first kappa shape index (κ1) is 30.0. The van der Waals surface area contributed by atoms with Crippen LogP contribution in [0.2, 0.25) is 0 Å². The van der Waals surface area contributed by atoms with E-state index in [0.29, 0.717) is 5.75 Å². The molecule has 0 atom stereocenters. The number of hydrogen-bond donors (Lipinski definition) is 3. The van der Waals surface area contributed by atoms with E-state index in [-0.39, 0.29) is 5.91 Å². The van der Waals surface area contributed by atoms with Crippen molar-refractivity contribution < 1.29 is 33.0 Å². The minimum atomic E-state index is -5.08. The third-order valence-corrected chi connectivity index (χ3v) is 7.62. The normalized spacial score (nSPS) is 14.6. The highest BCUT2D eigenvalue weighted by Gasteiger charge is 2.38. The van der Waals surface area contributed by atoms with Crippen LogP contribution in [-0.4, -0.2) is 64.2 Å². The van der Waals surface area contributed by atoms with Crippen LogP contribution >= 0.6 is 11.3 Å². The number of halogens is 3. The number of amides is 1. The van der Waals surface area contributed by atoms with Gasteiger partial charge in [0.15, 0.2) is 0 Å². The first-order chi connectivity index (χ1) is 19.6. The van der Waals surface area contributed by atoms with Crippen molar-refractivity contribution in [2.24, 2.45) is 0 Å². The van der Waals surface area contributed by atoms with E-state index in [4.69, 9.17) is 9.90 Å². The second kappa shape index (κ2) is 13.6. The van der Waals surface area contributed by atoms with Crippen molar-refractivity contribution >= 4 is 39.0 Å². The molecule has 1 aromatic heterocycles. The number of carbonyl (C=O) groups is 2. The number of alkyl halides is 3. The van der Waals surface area contributed by atoms with Gasteiger partial charge in [0, 0.05) is 36.6 Å². The van der Waals surface area contributed by atoms with Gasteiger partial charge >= 0.3 is 12.1 Å². The van der Waals surface area contributed by atoms with E-state index in [9.17, 15) is 23.1 Å². The molecule has 3 N–H and O–H groups in total. The standard InChI is InChI=1S/C28H29N3O2S.C2HF3O2/c32-25-11-9-21(10-12-25)19-30-13-4-14-31(16-15-30)20-22-5-3-7-24(17-22)29-28(33)27-18-23-6-1-2-8-26(23)34-27;3-2(4,5)1(6)7/h1-3,5-12,17-18,32H,4,13-16,19-20H2,(H,29,33);(H,6,7). The molecule has 5 rings (SSSR count). The zero-order chi connectivity index (χ0) is 29.4. The molecule has 2 heterocycles. The fourth-order valence-corrected chi connectivity index (χ4v) is 5.45. The maximum atomic E-state index is 12.8. The highest BCUT2D eigenvalue weighted by molar-refractivity contribution is 7.20. The van der Waals surface area contributed by atoms with Gasteiger partial charge < -0.3 is 15.5 Å². The number of aromatic hydroxyl groups is 1. The number of hydrogen-bond acceptors (Lipinski definition) is 6. The molecule has 0 saturated carbocycles. The minimum Gasteiger partial charge on any atom is -0.508 e. The van der Waals surface area contributed by atoms with Gasteiger partial charge in [0.25, 0.3) is 5.91 Å². The number of carboxylic acid groups (broad SMARTS) is 1. The Kier molecular flexibility index (Phi) is 9.98. The molecule has 4 aromatic rings. The number of thiophene rings is 1. The molecule has 0 radical (unpaired) electrons. The average molecular weight is 586 g/mol. The quantitative estimate of drug-likeness (QED) is 0.250. The van der Waals surface area contributed by atoms with E-state index in [1.54, 1.807) is 12.1 Å². The van der Waals surface area contributed by atoms with E-state index < -0.39 is 12.1 Å².